The van der Waals surface area contributed by atoms with Crippen LogP contribution in [0.25, 0.3) is 0 Å². The fraction of sp³-hybridized carbons (Fsp3) is 0.500. The van der Waals surface area contributed by atoms with Gasteiger partial charge in [-0.15, -0.1) is 0 Å². The Morgan fingerprint density at radius 3 is 2.50 bits per heavy atom. The van der Waals surface area contributed by atoms with E-state index >= 15 is 0 Å². The van der Waals surface area contributed by atoms with Crippen molar-refractivity contribution in [2.24, 2.45) is 0 Å². The highest BCUT2D eigenvalue weighted by molar-refractivity contribution is 6.02. The molecular formula is C18H27N3O5. The molecule has 0 aromatic heterocycles. The van der Waals surface area contributed by atoms with Gasteiger partial charge in [-0.1, -0.05) is 0 Å². The molecule has 144 valence electrons. The van der Waals surface area contributed by atoms with Gasteiger partial charge in [-0.2, -0.15) is 0 Å². The Morgan fingerprint density at radius 1 is 1.15 bits per heavy atom. The van der Waals surface area contributed by atoms with Crippen LogP contribution in [-0.4, -0.2) is 58.7 Å². The molecule has 0 aliphatic heterocycles. The van der Waals surface area contributed by atoms with Gasteiger partial charge in [0.25, 0.3) is 5.91 Å². The molecule has 1 rings (SSSR count). The molecule has 0 saturated heterocycles. The summed E-state index contributed by atoms with van der Waals surface area (Å²) in [5.41, 5.74) is 1.65. The number of benzene rings is 1. The van der Waals surface area contributed by atoms with E-state index in [2.05, 4.69) is 10.6 Å². The molecule has 26 heavy (non-hydrogen) atoms. The highest BCUT2D eigenvalue weighted by Crippen LogP contribution is 2.23. The first-order chi connectivity index (χ1) is 12.4. The zero-order valence-corrected chi connectivity index (χ0v) is 15.8. The largest absolute Gasteiger partial charge is 0.466 e. The van der Waals surface area contributed by atoms with Gasteiger partial charge in [0, 0.05) is 45.5 Å². The summed E-state index contributed by atoms with van der Waals surface area (Å²) in [5, 5.41) is 5.46. The third-order valence-electron chi connectivity index (χ3n) is 3.46. The smallest absolute Gasteiger partial charge is 0.306 e. The van der Waals surface area contributed by atoms with Crippen molar-refractivity contribution in [2.75, 3.05) is 51.2 Å². The van der Waals surface area contributed by atoms with Crippen LogP contribution in [-0.2, 0) is 19.1 Å². The van der Waals surface area contributed by atoms with Crippen LogP contribution in [0.2, 0.25) is 0 Å². The molecule has 2 amide bonds. The molecule has 0 saturated carbocycles. The highest BCUT2D eigenvalue weighted by Gasteiger charge is 2.15. The number of esters is 1. The van der Waals surface area contributed by atoms with E-state index in [0.717, 1.165) is 5.69 Å². The van der Waals surface area contributed by atoms with E-state index in [1.54, 1.807) is 32.2 Å². The molecule has 0 atom stereocenters. The summed E-state index contributed by atoms with van der Waals surface area (Å²) in [5.74, 6) is -0.987. The van der Waals surface area contributed by atoms with Crippen molar-refractivity contribution >= 4 is 29.2 Å². The second-order valence-corrected chi connectivity index (χ2v) is 5.73. The number of anilines is 2. The summed E-state index contributed by atoms with van der Waals surface area (Å²) in [4.78, 5) is 37.5. The average Bonchev–Trinajstić information content (AvgIpc) is 2.60. The van der Waals surface area contributed by atoms with Crippen molar-refractivity contribution in [3.8, 4) is 0 Å². The number of carbonyl (C=O) groups is 3. The quantitative estimate of drug-likeness (QED) is 0.481. The van der Waals surface area contributed by atoms with Crippen LogP contribution in [0.5, 0.6) is 0 Å². The van der Waals surface area contributed by atoms with E-state index in [4.69, 9.17) is 9.47 Å². The van der Waals surface area contributed by atoms with E-state index in [0.29, 0.717) is 24.4 Å². The molecule has 0 aliphatic rings. The third-order valence-corrected chi connectivity index (χ3v) is 3.46. The molecule has 0 aliphatic carbocycles. The molecule has 1 aromatic rings. The second-order valence-electron chi connectivity index (χ2n) is 5.73. The summed E-state index contributed by atoms with van der Waals surface area (Å²) in [7, 11) is 5.22. The van der Waals surface area contributed by atoms with Crippen molar-refractivity contribution in [3.63, 3.8) is 0 Å². The van der Waals surface area contributed by atoms with Crippen molar-refractivity contribution in [3.05, 3.63) is 23.8 Å². The van der Waals surface area contributed by atoms with E-state index in [1.807, 2.05) is 19.0 Å². The fourth-order valence-electron chi connectivity index (χ4n) is 2.22. The Morgan fingerprint density at radius 2 is 1.88 bits per heavy atom. The molecule has 0 fully saturated rings. The predicted molar refractivity (Wildman–Crippen MR) is 99.5 cm³/mol. The van der Waals surface area contributed by atoms with E-state index in [-0.39, 0.29) is 31.3 Å². The van der Waals surface area contributed by atoms with Crippen LogP contribution in [0, 0.1) is 0 Å². The number of nitrogens with one attached hydrogen (secondary N) is 2. The van der Waals surface area contributed by atoms with Crippen LogP contribution in [0.4, 0.5) is 11.4 Å². The highest BCUT2D eigenvalue weighted by atomic mass is 16.5. The van der Waals surface area contributed by atoms with Crippen LogP contribution >= 0.6 is 0 Å². The molecule has 0 radical (unpaired) electrons. The minimum Gasteiger partial charge on any atom is -0.466 e. The Labute approximate surface area is 153 Å². The van der Waals surface area contributed by atoms with Gasteiger partial charge < -0.3 is 25.0 Å². The predicted octanol–water partition coefficient (Wildman–Crippen LogP) is 1.41. The minimum atomic E-state index is -0.413. The van der Waals surface area contributed by atoms with Crippen LogP contribution in [0.3, 0.4) is 0 Å². The summed E-state index contributed by atoms with van der Waals surface area (Å²) in [6, 6.07) is 5.08. The van der Waals surface area contributed by atoms with Crippen molar-refractivity contribution < 1.29 is 23.9 Å². The van der Waals surface area contributed by atoms with Crippen LogP contribution in [0.1, 0.15) is 30.1 Å². The summed E-state index contributed by atoms with van der Waals surface area (Å²) in [6.07, 6.45) is 0.0312. The molecular weight excluding hydrogens is 338 g/mol. The average molecular weight is 365 g/mol. The van der Waals surface area contributed by atoms with Crippen molar-refractivity contribution in [2.45, 2.75) is 19.8 Å². The number of ether oxygens (including phenoxy) is 2. The molecule has 8 nitrogen and oxygen atoms in total. The van der Waals surface area contributed by atoms with Gasteiger partial charge in [0.05, 0.1) is 25.2 Å². The lowest BCUT2D eigenvalue weighted by atomic mass is 10.1. The number of amides is 2. The van der Waals surface area contributed by atoms with Gasteiger partial charge in [0.1, 0.15) is 0 Å². The van der Waals surface area contributed by atoms with E-state index in [9.17, 15) is 14.4 Å². The maximum atomic E-state index is 12.4. The number of methoxy groups -OCH3 is 1. The maximum Gasteiger partial charge on any atom is 0.306 e. The van der Waals surface area contributed by atoms with Gasteiger partial charge in [0.2, 0.25) is 5.91 Å². The minimum absolute atomic E-state index is 0.0137. The molecule has 0 unspecified atom stereocenters. The van der Waals surface area contributed by atoms with Gasteiger partial charge >= 0.3 is 5.97 Å². The molecule has 0 bridgehead atoms. The third kappa shape index (κ3) is 7.10. The Bertz CT molecular complexity index is 631. The monoisotopic (exact) mass is 365 g/mol. The van der Waals surface area contributed by atoms with Gasteiger partial charge in [-0.05, 0) is 25.1 Å². The van der Waals surface area contributed by atoms with Gasteiger partial charge in [0.15, 0.2) is 0 Å². The second kappa shape index (κ2) is 11.1. The number of rotatable bonds is 10. The first-order valence-corrected chi connectivity index (χ1v) is 8.43. The number of hydrogen-bond donors (Lipinski definition) is 2. The Balaban J connectivity index is 2.80. The zero-order valence-electron chi connectivity index (χ0n) is 15.8. The zero-order chi connectivity index (χ0) is 19.5. The van der Waals surface area contributed by atoms with E-state index < -0.39 is 5.97 Å². The first kappa shape index (κ1) is 21.4. The summed E-state index contributed by atoms with van der Waals surface area (Å²) in [6.45, 7) is 2.79. The topological polar surface area (TPSA) is 97.0 Å². The van der Waals surface area contributed by atoms with Crippen molar-refractivity contribution in [1.82, 2.24) is 5.32 Å². The summed E-state index contributed by atoms with van der Waals surface area (Å²) < 4.78 is 9.72. The lowest BCUT2D eigenvalue weighted by Crippen LogP contribution is -2.28. The number of nitrogens with zero attached hydrogens (tertiary/aromatic N) is 1. The molecule has 0 spiro atoms. The van der Waals surface area contributed by atoms with E-state index in [1.165, 1.54) is 0 Å². The van der Waals surface area contributed by atoms with Gasteiger partial charge in [-0.25, -0.2) is 0 Å². The SMILES string of the molecule is CCOC(=O)CCC(=O)Nc1ccc(N(C)C)c(C(=O)NCCOC)c1. The normalized spacial score (nSPS) is 10.2. The molecule has 1 aromatic carbocycles. The number of carbonyl (C=O) groups excluding carboxylic acids is 3. The van der Waals surface area contributed by atoms with Crippen LogP contribution in [0.15, 0.2) is 18.2 Å². The fourth-order valence-corrected chi connectivity index (χ4v) is 2.22. The van der Waals surface area contributed by atoms with Gasteiger partial charge in [-0.3, -0.25) is 14.4 Å². The van der Waals surface area contributed by atoms with Crippen molar-refractivity contribution in [1.29, 1.82) is 0 Å². The Kier molecular flexibility index (Phi) is 9.14. The standard InChI is InChI=1S/C18H27N3O5/c1-5-26-17(23)9-8-16(22)20-13-6-7-15(21(2)3)14(12-13)18(24)19-10-11-25-4/h6-7,12H,5,8-11H2,1-4H3,(H,19,24)(H,20,22). The molecule has 2 N–H and O–H groups in total. The number of hydrogen-bond acceptors (Lipinski definition) is 6. The van der Waals surface area contributed by atoms with Crippen LogP contribution < -0.4 is 15.5 Å². The molecule has 8 heteroatoms. The lowest BCUT2D eigenvalue weighted by molar-refractivity contribution is -0.144. The maximum absolute atomic E-state index is 12.4. The lowest BCUT2D eigenvalue weighted by Gasteiger charge is -2.18. The summed E-state index contributed by atoms with van der Waals surface area (Å²) >= 11 is 0. The molecule has 0 heterocycles. The first-order valence-electron chi connectivity index (χ1n) is 8.43. The Hall–Kier alpha value is -2.61.